The fourth-order valence-electron chi connectivity index (χ4n) is 9.20. The van der Waals surface area contributed by atoms with Crippen LogP contribution in [0.3, 0.4) is 0 Å². The first-order valence-electron chi connectivity index (χ1n) is 18.0. The molecule has 53 heavy (non-hydrogen) atoms. The molecule has 0 bridgehead atoms. The van der Waals surface area contributed by atoms with E-state index in [0.29, 0.717) is 11.4 Å². The highest BCUT2D eigenvalue weighted by Crippen LogP contribution is 2.48. The van der Waals surface area contributed by atoms with E-state index in [-0.39, 0.29) is 0 Å². The highest BCUT2D eigenvalue weighted by atomic mass is 16.3. The van der Waals surface area contributed by atoms with Crippen LogP contribution < -0.4 is 0 Å². The van der Waals surface area contributed by atoms with E-state index in [2.05, 4.69) is 148 Å². The maximum absolute atomic E-state index is 6.74. The average Bonchev–Trinajstić information content (AvgIpc) is 3.95. The van der Waals surface area contributed by atoms with E-state index in [1.54, 1.807) is 0 Å². The zero-order valence-corrected chi connectivity index (χ0v) is 28.2. The highest BCUT2D eigenvalue weighted by Gasteiger charge is 2.27. The van der Waals surface area contributed by atoms with E-state index in [0.717, 1.165) is 44.3 Å². The third kappa shape index (κ3) is 3.46. The smallest absolute Gasteiger partial charge is 0.197 e. The molecule has 0 saturated heterocycles. The molecule has 5 heteroatoms. The molecule has 5 nitrogen and oxygen atoms in total. The Balaban J connectivity index is 1.26. The molecule has 0 fully saturated rings. The van der Waals surface area contributed by atoms with Gasteiger partial charge in [-0.15, -0.1) is 0 Å². The molecule has 0 saturated carbocycles. The van der Waals surface area contributed by atoms with Gasteiger partial charge in [-0.25, -0.2) is 9.97 Å². The minimum atomic E-state index is 0.661. The molecule has 0 radical (unpaired) electrons. The Hall–Kier alpha value is -7.24. The number of benzene rings is 8. The number of aromatic nitrogens is 4. The van der Waals surface area contributed by atoms with Crippen LogP contribution in [0.4, 0.5) is 0 Å². The summed E-state index contributed by atoms with van der Waals surface area (Å²) in [5, 5.41) is 13.2. The zero-order valence-electron chi connectivity index (χ0n) is 28.2. The van der Waals surface area contributed by atoms with Crippen molar-refractivity contribution in [3.63, 3.8) is 0 Å². The number of hydrogen-bond donors (Lipinski definition) is 0. The fourth-order valence-corrected chi connectivity index (χ4v) is 9.20. The van der Waals surface area contributed by atoms with Crippen molar-refractivity contribution in [2.45, 2.75) is 0 Å². The summed E-state index contributed by atoms with van der Waals surface area (Å²) in [6, 6.07) is 56.3. The Morgan fingerprint density at radius 3 is 1.98 bits per heavy atom. The van der Waals surface area contributed by atoms with Gasteiger partial charge in [0.05, 0.1) is 27.6 Å². The average molecular weight is 675 g/mol. The van der Waals surface area contributed by atoms with Crippen LogP contribution in [-0.2, 0) is 0 Å². The Kier molecular flexibility index (Phi) is 5.06. The van der Waals surface area contributed by atoms with Crippen molar-refractivity contribution in [1.29, 1.82) is 0 Å². The number of nitrogens with zero attached hydrogens (tertiary/aromatic N) is 4. The number of para-hydroxylation sites is 3. The van der Waals surface area contributed by atoms with Gasteiger partial charge in [-0.3, -0.25) is 4.57 Å². The van der Waals surface area contributed by atoms with Crippen molar-refractivity contribution in [3.05, 3.63) is 158 Å². The van der Waals surface area contributed by atoms with Crippen LogP contribution >= 0.6 is 0 Å². The van der Waals surface area contributed by atoms with Crippen molar-refractivity contribution in [2.24, 2.45) is 0 Å². The molecule has 5 aromatic heterocycles. The molecule has 0 aliphatic heterocycles. The van der Waals surface area contributed by atoms with Gasteiger partial charge >= 0.3 is 0 Å². The Bertz CT molecular complexity index is 3700. The maximum Gasteiger partial charge on any atom is 0.197 e. The molecule has 5 heterocycles. The lowest BCUT2D eigenvalue weighted by molar-refractivity contribution is 0.662. The molecular formula is C48H26N4O. The Morgan fingerprint density at radius 2 is 1.11 bits per heavy atom. The summed E-state index contributed by atoms with van der Waals surface area (Å²) in [7, 11) is 0. The summed E-state index contributed by atoms with van der Waals surface area (Å²) in [5.41, 5.74) is 9.06. The lowest BCUT2D eigenvalue weighted by Crippen LogP contribution is -2.02. The van der Waals surface area contributed by atoms with Crippen LogP contribution in [0.1, 0.15) is 0 Å². The van der Waals surface area contributed by atoms with Crippen molar-refractivity contribution < 1.29 is 4.42 Å². The van der Waals surface area contributed by atoms with Crippen LogP contribution in [0.5, 0.6) is 0 Å². The van der Waals surface area contributed by atoms with E-state index < -0.39 is 0 Å². The lowest BCUT2D eigenvalue weighted by Gasteiger charge is -2.11. The summed E-state index contributed by atoms with van der Waals surface area (Å²) >= 11 is 0. The molecule has 0 aliphatic rings. The summed E-state index contributed by atoms with van der Waals surface area (Å²) in [5.74, 6) is 1.39. The van der Waals surface area contributed by atoms with Crippen LogP contribution in [0.25, 0.3) is 121 Å². The molecule has 0 N–H and O–H groups in total. The van der Waals surface area contributed by atoms with Gasteiger partial charge in [0.1, 0.15) is 11.1 Å². The van der Waals surface area contributed by atoms with E-state index in [1.165, 1.54) is 65.0 Å². The number of furan rings is 1. The van der Waals surface area contributed by atoms with Gasteiger partial charge in [0.2, 0.25) is 0 Å². The molecular weight excluding hydrogens is 649 g/mol. The third-order valence-corrected chi connectivity index (χ3v) is 11.4. The Morgan fingerprint density at radius 1 is 0.434 bits per heavy atom. The van der Waals surface area contributed by atoms with Gasteiger partial charge in [0.25, 0.3) is 0 Å². The van der Waals surface area contributed by atoms with Crippen molar-refractivity contribution in [2.75, 3.05) is 0 Å². The predicted octanol–water partition coefficient (Wildman–Crippen LogP) is 12.6. The van der Waals surface area contributed by atoms with E-state index >= 15 is 0 Å². The third-order valence-electron chi connectivity index (χ3n) is 11.4. The quantitative estimate of drug-likeness (QED) is 0.183. The fraction of sp³-hybridized carbons (Fsp3) is 0. The van der Waals surface area contributed by atoms with E-state index in [9.17, 15) is 0 Å². The van der Waals surface area contributed by atoms with E-state index in [1.807, 2.05) is 18.2 Å². The van der Waals surface area contributed by atoms with Crippen LogP contribution in [0, 0.1) is 0 Å². The molecule has 0 amide bonds. The minimum absolute atomic E-state index is 0.661. The molecule has 13 rings (SSSR count). The van der Waals surface area contributed by atoms with Gasteiger partial charge in [-0.05, 0) is 64.0 Å². The number of fused-ring (bicyclic) bond motifs is 16. The predicted molar refractivity (Wildman–Crippen MR) is 219 cm³/mol. The first-order valence-corrected chi connectivity index (χ1v) is 18.0. The van der Waals surface area contributed by atoms with Gasteiger partial charge in [0, 0.05) is 43.3 Å². The topological polar surface area (TPSA) is 48.3 Å². The molecule has 8 aromatic carbocycles. The molecule has 0 aliphatic carbocycles. The van der Waals surface area contributed by atoms with Crippen LogP contribution in [0.15, 0.2) is 162 Å². The maximum atomic E-state index is 6.74. The zero-order chi connectivity index (χ0) is 34.4. The van der Waals surface area contributed by atoms with Crippen molar-refractivity contribution in [1.82, 2.24) is 18.9 Å². The first kappa shape index (κ1) is 27.5. The largest absolute Gasteiger partial charge is 0.450 e. The van der Waals surface area contributed by atoms with Crippen LogP contribution in [-0.4, -0.2) is 18.9 Å². The summed E-state index contributed by atoms with van der Waals surface area (Å²) < 4.78 is 11.5. The molecule has 0 spiro atoms. The van der Waals surface area contributed by atoms with Crippen molar-refractivity contribution >= 4 is 104 Å². The lowest BCUT2D eigenvalue weighted by atomic mass is 9.99. The number of hydrogen-bond acceptors (Lipinski definition) is 3. The van der Waals surface area contributed by atoms with Gasteiger partial charge in [-0.2, -0.15) is 0 Å². The normalized spacial score (nSPS) is 12.5. The second-order valence-electron chi connectivity index (χ2n) is 14.1. The number of rotatable bonds is 2. The van der Waals surface area contributed by atoms with E-state index in [4.69, 9.17) is 14.4 Å². The van der Waals surface area contributed by atoms with Crippen LogP contribution in [0.2, 0.25) is 0 Å². The standard InChI is InChI=1S/C48H26N4O/c1-2-13-29-25-30(22-21-27(29)11-1)47-49-44-34-17-7-10-20-40(34)53-46(44)48(50-47)52-37-19-9-5-15-32(37)42-39(52)26-35-41-31-14-4-3-12-28(31)23-24-38(41)51-36-18-8-6-16-33(36)43(42)45(35)51/h1-26H. The first-order chi connectivity index (χ1) is 26.3. The van der Waals surface area contributed by atoms with Gasteiger partial charge in [0.15, 0.2) is 17.2 Å². The molecule has 0 unspecified atom stereocenters. The van der Waals surface area contributed by atoms with Gasteiger partial charge in [-0.1, -0.05) is 115 Å². The SMILES string of the molecule is c1ccc2cc(-c3nc(-n4c5ccccc5c5c6c7ccccc7n7c8ccc9ccccc9c8c(cc54)c67)c4oc5ccccc5c4n3)ccc2c1. The Labute approximate surface area is 300 Å². The highest BCUT2D eigenvalue weighted by molar-refractivity contribution is 6.37. The summed E-state index contributed by atoms with van der Waals surface area (Å²) in [6.07, 6.45) is 0. The second kappa shape index (κ2) is 9.75. The monoisotopic (exact) mass is 674 g/mol. The summed E-state index contributed by atoms with van der Waals surface area (Å²) in [4.78, 5) is 10.7. The molecule has 13 aromatic rings. The van der Waals surface area contributed by atoms with Gasteiger partial charge < -0.3 is 8.82 Å². The second-order valence-corrected chi connectivity index (χ2v) is 14.1. The molecule has 244 valence electrons. The molecule has 0 atom stereocenters. The summed E-state index contributed by atoms with van der Waals surface area (Å²) in [6.45, 7) is 0. The van der Waals surface area contributed by atoms with Crippen molar-refractivity contribution in [3.8, 4) is 17.2 Å². The minimum Gasteiger partial charge on any atom is -0.450 e.